The summed E-state index contributed by atoms with van der Waals surface area (Å²) in [7, 11) is 0. The summed E-state index contributed by atoms with van der Waals surface area (Å²) < 4.78 is 19.3. The first kappa shape index (κ1) is 12.0. The van der Waals surface area contributed by atoms with Crippen LogP contribution in [0.1, 0.15) is 6.23 Å². The second-order valence-corrected chi connectivity index (χ2v) is 3.70. The molecule has 1 aromatic rings. The van der Waals surface area contributed by atoms with E-state index >= 15 is 0 Å². The molecule has 3 N–H and O–H groups in total. The van der Waals surface area contributed by atoms with Crippen LogP contribution in [0.3, 0.4) is 0 Å². The monoisotopic (exact) mass is 246 g/mol. The highest BCUT2D eigenvalue weighted by Gasteiger charge is 2.45. The van der Waals surface area contributed by atoms with Gasteiger partial charge in [0.15, 0.2) is 12.4 Å². The maximum Gasteiger partial charge on any atom is 0.330 e. The molecular weight excluding hydrogens is 235 g/mol. The quantitative estimate of drug-likeness (QED) is 0.567. The van der Waals surface area contributed by atoms with Gasteiger partial charge in [0, 0.05) is 12.3 Å². The Hall–Kier alpha value is -1.51. The molecule has 8 heteroatoms. The first-order chi connectivity index (χ1) is 8.04. The molecule has 2 heterocycles. The minimum Gasteiger partial charge on any atom is -0.394 e. The van der Waals surface area contributed by atoms with Crippen LogP contribution in [-0.2, 0) is 4.74 Å². The van der Waals surface area contributed by atoms with E-state index < -0.39 is 42.5 Å². The van der Waals surface area contributed by atoms with Crippen molar-refractivity contribution in [3.05, 3.63) is 33.1 Å². The first-order valence-electron chi connectivity index (χ1n) is 4.94. The molecule has 0 saturated carbocycles. The maximum atomic E-state index is 13.4. The fourth-order valence-electron chi connectivity index (χ4n) is 1.71. The van der Waals surface area contributed by atoms with Gasteiger partial charge in [0.2, 0.25) is 0 Å². The maximum absolute atomic E-state index is 13.4. The Labute approximate surface area is 94.1 Å². The van der Waals surface area contributed by atoms with Crippen molar-refractivity contribution in [3.63, 3.8) is 0 Å². The minimum atomic E-state index is -1.79. The second-order valence-electron chi connectivity index (χ2n) is 3.70. The van der Waals surface area contributed by atoms with Gasteiger partial charge < -0.3 is 14.9 Å². The molecule has 2 rings (SSSR count). The van der Waals surface area contributed by atoms with E-state index in [0.29, 0.717) is 0 Å². The summed E-state index contributed by atoms with van der Waals surface area (Å²) in [5, 5.41) is 18.4. The fraction of sp³-hybridized carbons (Fsp3) is 0.556. The summed E-state index contributed by atoms with van der Waals surface area (Å²) in [6.07, 6.45) is -4.71. The number of aromatic nitrogens is 2. The summed E-state index contributed by atoms with van der Waals surface area (Å²) in [6.45, 7) is -0.604. The van der Waals surface area contributed by atoms with Crippen molar-refractivity contribution in [2.45, 2.75) is 24.6 Å². The number of nitrogens with one attached hydrogen (secondary N) is 1. The van der Waals surface area contributed by atoms with Crippen molar-refractivity contribution in [2.75, 3.05) is 6.61 Å². The van der Waals surface area contributed by atoms with E-state index in [1.165, 1.54) is 0 Å². The van der Waals surface area contributed by atoms with Crippen molar-refractivity contribution in [1.82, 2.24) is 9.55 Å². The van der Waals surface area contributed by atoms with Crippen LogP contribution >= 0.6 is 0 Å². The Morgan fingerprint density at radius 1 is 1.53 bits per heavy atom. The van der Waals surface area contributed by atoms with E-state index in [1.807, 2.05) is 4.98 Å². The third-order valence-electron chi connectivity index (χ3n) is 2.59. The third kappa shape index (κ3) is 2.02. The summed E-state index contributed by atoms with van der Waals surface area (Å²) in [6, 6.07) is 1.05. The van der Waals surface area contributed by atoms with E-state index in [-0.39, 0.29) is 0 Å². The number of aliphatic hydroxyl groups is 2. The molecule has 1 aliphatic heterocycles. The van der Waals surface area contributed by atoms with Crippen LogP contribution in [-0.4, -0.2) is 44.8 Å². The zero-order valence-electron chi connectivity index (χ0n) is 8.62. The predicted octanol–water partition coefficient (Wildman–Crippen LogP) is -1.87. The highest BCUT2D eigenvalue weighted by atomic mass is 19.1. The van der Waals surface area contributed by atoms with E-state index in [4.69, 9.17) is 9.84 Å². The Bertz CT molecular complexity index is 513. The lowest BCUT2D eigenvalue weighted by molar-refractivity contribution is -0.0537. The van der Waals surface area contributed by atoms with Gasteiger partial charge >= 0.3 is 5.69 Å². The molecule has 1 fully saturated rings. The lowest BCUT2D eigenvalue weighted by atomic mass is 10.1. The number of aliphatic hydroxyl groups excluding tert-OH is 2. The summed E-state index contributed by atoms with van der Waals surface area (Å²) >= 11 is 0. The van der Waals surface area contributed by atoms with Crippen molar-refractivity contribution in [1.29, 1.82) is 0 Å². The first-order valence-corrected chi connectivity index (χ1v) is 4.94. The lowest BCUT2D eigenvalue weighted by Gasteiger charge is -2.16. The molecule has 0 amide bonds. The second kappa shape index (κ2) is 4.40. The Balaban J connectivity index is 2.35. The van der Waals surface area contributed by atoms with Gasteiger partial charge in [-0.3, -0.25) is 14.3 Å². The number of nitrogens with zero attached hydrogens (tertiary/aromatic N) is 1. The van der Waals surface area contributed by atoms with Crippen molar-refractivity contribution >= 4 is 0 Å². The highest BCUT2D eigenvalue weighted by molar-refractivity contribution is 4.93. The van der Waals surface area contributed by atoms with Gasteiger partial charge in [-0.05, 0) is 0 Å². The van der Waals surface area contributed by atoms with Gasteiger partial charge in [-0.25, -0.2) is 9.18 Å². The van der Waals surface area contributed by atoms with E-state index in [9.17, 15) is 19.1 Å². The molecular formula is C9H11FN2O5. The van der Waals surface area contributed by atoms with E-state index in [0.717, 1.165) is 16.8 Å². The number of aromatic amines is 1. The highest BCUT2D eigenvalue weighted by Crippen LogP contribution is 2.29. The van der Waals surface area contributed by atoms with Crippen LogP contribution in [0.5, 0.6) is 0 Å². The molecule has 4 atom stereocenters. The summed E-state index contributed by atoms with van der Waals surface area (Å²) in [4.78, 5) is 24.2. The van der Waals surface area contributed by atoms with Crippen molar-refractivity contribution in [2.24, 2.45) is 0 Å². The summed E-state index contributed by atoms with van der Waals surface area (Å²) in [5.74, 6) is 0. The smallest absolute Gasteiger partial charge is 0.330 e. The average molecular weight is 246 g/mol. The summed E-state index contributed by atoms with van der Waals surface area (Å²) in [5.41, 5.74) is -1.42. The number of ether oxygens (including phenoxy) is 1. The number of hydrogen-bond acceptors (Lipinski definition) is 5. The third-order valence-corrected chi connectivity index (χ3v) is 2.59. The number of H-pyrrole nitrogens is 1. The van der Waals surface area contributed by atoms with Gasteiger partial charge in [-0.2, -0.15) is 0 Å². The molecule has 0 spiro atoms. The van der Waals surface area contributed by atoms with Crippen LogP contribution in [0.15, 0.2) is 21.9 Å². The SMILES string of the molecule is O=c1ccn(C2O[C@H](CO)[C@@H](F)[C@H]2O)c(=O)[nH]1. The van der Waals surface area contributed by atoms with Crippen LogP contribution in [0, 0.1) is 0 Å². The Morgan fingerprint density at radius 2 is 2.24 bits per heavy atom. The van der Waals surface area contributed by atoms with Crippen LogP contribution in [0.25, 0.3) is 0 Å². The molecule has 7 nitrogen and oxygen atoms in total. The number of alkyl halides is 1. The van der Waals surface area contributed by atoms with Crippen LogP contribution in [0.2, 0.25) is 0 Å². The molecule has 1 saturated heterocycles. The minimum absolute atomic E-state index is 0.603. The van der Waals surface area contributed by atoms with Gasteiger partial charge in [0.25, 0.3) is 5.56 Å². The Kier molecular flexibility index (Phi) is 3.09. The molecule has 17 heavy (non-hydrogen) atoms. The standard InChI is InChI=1S/C9H11FN2O5/c10-6-4(3-13)17-8(7(6)15)12-2-1-5(14)11-9(12)16/h1-2,4,6-8,13,15H,3H2,(H,11,14,16)/t4-,6-,7-,8?/m1/s1. The molecule has 1 unspecified atom stereocenters. The van der Waals surface area contributed by atoms with Gasteiger partial charge in [0.1, 0.15) is 12.2 Å². The molecule has 0 bridgehead atoms. The van der Waals surface area contributed by atoms with Gasteiger partial charge in [0.05, 0.1) is 6.61 Å². The van der Waals surface area contributed by atoms with Gasteiger partial charge in [-0.1, -0.05) is 0 Å². The van der Waals surface area contributed by atoms with Crippen LogP contribution < -0.4 is 11.2 Å². The lowest BCUT2D eigenvalue weighted by Crippen LogP contribution is -2.36. The Morgan fingerprint density at radius 3 is 2.76 bits per heavy atom. The van der Waals surface area contributed by atoms with Crippen LogP contribution in [0.4, 0.5) is 4.39 Å². The fourth-order valence-corrected chi connectivity index (χ4v) is 1.71. The molecule has 0 radical (unpaired) electrons. The molecule has 1 aliphatic rings. The molecule has 0 aliphatic carbocycles. The van der Waals surface area contributed by atoms with E-state index in [2.05, 4.69) is 0 Å². The molecule has 0 aromatic carbocycles. The molecule has 94 valence electrons. The topological polar surface area (TPSA) is 105 Å². The zero-order chi connectivity index (χ0) is 12.6. The van der Waals surface area contributed by atoms with E-state index in [1.54, 1.807) is 0 Å². The largest absolute Gasteiger partial charge is 0.394 e. The number of rotatable bonds is 2. The number of halogens is 1. The zero-order valence-corrected chi connectivity index (χ0v) is 8.62. The molecule has 1 aromatic heterocycles. The predicted molar refractivity (Wildman–Crippen MR) is 53.2 cm³/mol. The van der Waals surface area contributed by atoms with Crippen molar-refractivity contribution in [3.8, 4) is 0 Å². The van der Waals surface area contributed by atoms with Crippen molar-refractivity contribution < 1.29 is 19.3 Å². The number of hydrogen-bond donors (Lipinski definition) is 3. The average Bonchev–Trinajstić information content (AvgIpc) is 2.57. The van der Waals surface area contributed by atoms with Gasteiger partial charge in [-0.15, -0.1) is 0 Å². The normalized spacial score (nSPS) is 32.9.